The van der Waals surface area contributed by atoms with E-state index in [-0.39, 0.29) is 16.7 Å². The predicted octanol–water partition coefficient (Wildman–Crippen LogP) is 4.24. The molecule has 1 saturated carbocycles. The fraction of sp³-hybridized carbons (Fsp3) is 0.533. The van der Waals surface area contributed by atoms with E-state index >= 15 is 0 Å². The molecule has 0 spiro atoms. The number of rotatable bonds is 3. The van der Waals surface area contributed by atoms with E-state index < -0.39 is 0 Å². The molecule has 92 valence electrons. The maximum Gasteiger partial charge on any atom is 0.141 e. The summed E-state index contributed by atoms with van der Waals surface area (Å²) in [5.74, 6) is 0.584. The van der Waals surface area contributed by atoms with Crippen LogP contribution in [0.15, 0.2) is 28.7 Å². The van der Waals surface area contributed by atoms with Gasteiger partial charge in [-0.3, -0.25) is 4.79 Å². The zero-order valence-corrected chi connectivity index (χ0v) is 12.5. The molecule has 2 rings (SSSR count). The van der Waals surface area contributed by atoms with E-state index in [1.54, 1.807) is 0 Å². The molecule has 0 heterocycles. The van der Waals surface area contributed by atoms with Gasteiger partial charge in [0.15, 0.2) is 0 Å². The number of carbonyl (C=O) groups is 1. The first-order valence-electron chi connectivity index (χ1n) is 6.04. The molecule has 0 unspecified atom stereocenters. The van der Waals surface area contributed by atoms with Crippen LogP contribution in [0.2, 0.25) is 0 Å². The highest BCUT2D eigenvalue weighted by molar-refractivity contribution is 9.10. The standard InChI is InChI=1S/C15H19BrO/c1-14(2)13(15(14,3)4)12(17)9-10-5-7-11(16)8-6-10/h5-8,13H,9H2,1-4H3. The molecule has 1 aliphatic carbocycles. The third-order valence-electron chi connectivity index (χ3n) is 4.63. The summed E-state index contributed by atoms with van der Waals surface area (Å²) >= 11 is 3.40. The van der Waals surface area contributed by atoms with Gasteiger partial charge < -0.3 is 0 Å². The average Bonchev–Trinajstić information content (AvgIpc) is 2.61. The van der Waals surface area contributed by atoms with Crippen molar-refractivity contribution >= 4 is 21.7 Å². The number of halogens is 1. The summed E-state index contributed by atoms with van der Waals surface area (Å²) < 4.78 is 1.06. The molecule has 2 heteroatoms. The monoisotopic (exact) mass is 294 g/mol. The number of hydrogen-bond acceptors (Lipinski definition) is 1. The van der Waals surface area contributed by atoms with Crippen molar-refractivity contribution in [3.63, 3.8) is 0 Å². The van der Waals surface area contributed by atoms with Crippen LogP contribution in [0.4, 0.5) is 0 Å². The van der Waals surface area contributed by atoms with E-state index in [9.17, 15) is 4.79 Å². The minimum absolute atomic E-state index is 0.152. The molecule has 17 heavy (non-hydrogen) atoms. The zero-order valence-electron chi connectivity index (χ0n) is 10.9. The minimum Gasteiger partial charge on any atom is -0.299 e. The molecule has 0 atom stereocenters. The van der Waals surface area contributed by atoms with E-state index in [0.29, 0.717) is 12.2 Å². The minimum atomic E-state index is 0.152. The summed E-state index contributed by atoms with van der Waals surface area (Å²) in [6.45, 7) is 8.77. The Hall–Kier alpha value is -0.630. The number of ketones is 1. The summed E-state index contributed by atoms with van der Waals surface area (Å²) in [6.07, 6.45) is 0.560. The molecule has 1 fully saturated rings. The largest absolute Gasteiger partial charge is 0.299 e. The third kappa shape index (κ3) is 2.08. The summed E-state index contributed by atoms with van der Waals surface area (Å²) in [7, 11) is 0. The van der Waals surface area contributed by atoms with E-state index in [1.165, 1.54) is 0 Å². The van der Waals surface area contributed by atoms with Crippen molar-refractivity contribution in [2.45, 2.75) is 34.1 Å². The Bertz CT molecular complexity index is 428. The molecule has 0 saturated heterocycles. The molecular weight excluding hydrogens is 276 g/mol. The van der Waals surface area contributed by atoms with Crippen LogP contribution in [0.5, 0.6) is 0 Å². The second-order valence-electron chi connectivity index (χ2n) is 6.15. The highest BCUT2D eigenvalue weighted by Crippen LogP contribution is 2.68. The fourth-order valence-corrected chi connectivity index (χ4v) is 3.17. The second kappa shape index (κ2) is 3.94. The van der Waals surface area contributed by atoms with Gasteiger partial charge in [-0.15, -0.1) is 0 Å². The Balaban J connectivity index is 2.07. The highest BCUT2D eigenvalue weighted by Gasteiger charge is 2.67. The van der Waals surface area contributed by atoms with Gasteiger partial charge in [0.25, 0.3) is 0 Å². The van der Waals surface area contributed by atoms with E-state index in [1.807, 2.05) is 24.3 Å². The summed E-state index contributed by atoms with van der Waals surface area (Å²) in [5.41, 5.74) is 1.41. The molecule has 0 bridgehead atoms. The van der Waals surface area contributed by atoms with Crippen LogP contribution < -0.4 is 0 Å². The van der Waals surface area contributed by atoms with Crippen molar-refractivity contribution in [3.8, 4) is 0 Å². The van der Waals surface area contributed by atoms with Gasteiger partial charge in [0, 0.05) is 16.8 Å². The Morgan fingerprint density at radius 3 is 2.00 bits per heavy atom. The van der Waals surface area contributed by atoms with Gasteiger partial charge in [-0.05, 0) is 28.5 Å². The zero-order chi connectivity index (χ0) is 12.8. The predicted molar refractivity (Wildman–Crippen MR) is 73.9 cm³/mol. The number of carbonyl (C=O) groups excluding carboxylic acids is 1. The van der Waals surface area contributed by atoms with Gasteiger partial charge in [-0.2, -0.15) is 0 Å². The lowest BCUT2D eigenvalue weighted by Gasteiger charge is -2.03. The number of benzene rings is 1. The van der Waals surface area contributed by atoms with E-state index in [0.717, 1.165) is 10.0 Å². The highest BCUT2D eigenvalue weighted by atomic mass is 79.9. The Morgan fingerprint density at radius 1 is 1.12 bits per heavy atom. The third-order valence-corrected chi connectivity index (χ3v) is 5.16. The van der Waals surface area contributed by atoms with Crippen molar-refractivity contribution in [1.29, 1.82) is 0 Å². The topological polar surface area (TPSA) is 17.1 Å². The van der Waals surface area contributed by atoms with Gasteiger partial charge >= 0.3 is 0 Å². The number of Topliss-reactive ketones (excluding diaryl/α,β-unsaturated/α-hetero) is 1. The quantitative estimate of drug-likeness (QED) is 0.815. The van der Waals surface area contributed by atoms with Gasteiger partial charge in [0.05, 0.1) is 0 Å². The maximum absolute atomic E-state index is 12.3. The summed E-state index contributed by atoms with van der Waals surface area (Å²) in [4.78, 5) is 12.3. The van der Waals surface area contributed by atoms with Crippen LogP contribution in [0.3, 0.4) is 0 Å². The van der Waals surface area contributed by atoms with Crippen LogP contribution in [0.1, 0.15) is 33.3 Å². The van der Waals surface area contributed by atoms with Crippen LogP contribution in [-0.4, -0.2) is 5.78 Å². The first-order valence-corrected chi connectivity index (χ1v) is 6.83. The van der Waals surface area contributed by atoms with Crippen molar-refractivity contribution in [2.75, 3.05) is 0 Å². The average molecular weight is 295 g/mol. The maximum atomic E-state index is 12.3. The molecule has 0 aliphatic heterocycles. The van der Waals surface area contributed by atoms with Crippen molar-refractivity contribution in [1.82, 2.24) is 0 Å². The summed E-state index contributed by atoms with van der Waals surface area (Å²) in [6, 6.07) is 8.02. The molecule has 1 aliphatic rings. The Kier molecular flexibility index (Phi) is 2.97. The SMILES string of the molecule is CC1(C)C(C(=O)Cc2ccc(Br)cc2)C1(C)C. The molecule has 0 radical (unpaired) electrons. The van der Waals surface area contributed by atoms with Crippen molar-refractivity contribution in [2.24, 2.45) is 16.7 Å². The van der Waals surface area contributed by atoms with E-state index in [2.05, 4.69) is 43.6 Å². The first kappa shape index (κ1) is 12.8. The van der Waals surface area contributed by atoms with Gasteiger partial charge in [0.1, 0.15) is 5.78 Å². The lowest BCUT2D eigenvalue weighted by Crippen LogP contribution is -2.10. The molecule has 1 aromatic carbocycles. The van der Waals surface area contributed by atoms with Gasteiger partial charge in [-0.25, -0.2) is 0 Å². The lowest BCUT2D eigenvalue weighted by molar-refractivity contribution is -0.120. The first-order chi connectivity index (χ1) is 7.76. The Labute approximate surface area is 112 Å². The van der Waals surface area contributed by atoms with Crippen molar-refractivity contribution < 1.29 is 4.79 Å². The molecule has 1 aromatic rings. The van der Waals surface area contributed by atoms with Crippen LogP contribution in [0, 0.1) is 16.7 Å². The van der Waals surface area contributed by atoms with Gasteiger partial charge in [0.2, 0.25) is 0 Å². The van der Waals surface area contributed by atoms with Crippen LogP contribution >= 0.6 is 15.9 Å². The molecule has 1 nitrogen and oxygen atoms in total. The Morgan fingerprint density at radius 2 is 1.59 bits per heavy atom. The molecule has 0 aromatic heterocycles. The molecule has 0 N–H and O–H groups in total. The fourth-order valence-electron chi connectivity index (χ4n) is 2.91. The number of hydrogen-bond donors (Lipinski definition) is 0. The van der Waals surface area contributed by atoms with Crippen LogP contribution in [-0.2, 0) is 11.2 Å². The smallest absolute Gasteiger partial charge is 0.141 e. The van der Waals surface area contributed by atoms with Gasteiger partial charge in [-0.1, -0.05) is 55.8 Å². The summed E-state index contributed by atoms with van der Waals surface area (Å²) in [5, 5.41) is 0. The van der Waals surface area contributed by atoms with Crippen molar-refractivity contribution in [3.05, 3.63) is 34.3 Å². The van der Waals surface area contributed by atoms with Crippen LogP contribution in [0.25, 0.3) is 0 Å². The lowest BCUT2D eigenvalue weighted by atomic mass is 10.0. The van der Waals surface area contributed by atoms with E-state index in [4.69, 9.17) is 0 Å². The molecule has 0 amide bonds. The normalized spacial score (nSPS) is 21.2. The second-order valence-corrected chi connectivity index (χ2v) is 7.06. The molecular formula is C15H19BrO.